The van der Waals surface area contributed by atoms with E-state index >= 15 is 0 Å². The summed E-state index contributed by atoms with van der Waals surface area (Å²) in [5.74, 6) is 0. The fourth-order valence-corrected chi connectivity index (χ4v) is 3.39. The molecule has 2 heterocycles. The molecule has 3 heteroatoms. The molecule has 1 unspecified atom stereocenters. The fraction of sp³-hybridized carbons (Fsp3) is 0.733. The van der Waals surface area contributed by atoms with E-state index < -0.39 is 0 Å². The number of rotatable bonds is 3. The third-order valence-electron chi connectivity index (χ3n) is 4.58. The van der Waals surface area contributed by atoms with Gasteiger partial charge in [-0.05, 0) is 45.2 Å². The largest absolute Gasteiger partial charge is 0.346 e. The molecule has 1 aliphatic heterocycles. The van der Waals surface area contributed by atoms with Gasteiger partial charge in [-0.2, -0.15) is 0 Å². The summed E-state index contributed by atoms with van der Waals surface area (Å²) in [6.45, 7) is 11.5. The van der Waals surface area contributed by atoms with Gasteiger partial charge >= 0.3 is 0 Å². The second-order valence-corrected chi connectivity index (χ2v) is 5.89. The third kappa shape index (κ3) is 2.10. The van der Waals surface area contributed by atoms with Crippen LogP contribution in [0.4, 0.5) is 0 Å². The van der Waals surface area contributed by atoms with Crippen LogP contribution in [0.25, 0.3) is 0 Å². The summed E-state index contributed by atoms with van der Waals surface area (Å²) >= 11 is 0. The third-order valence-corrected chi connectivity index (χ3v) is 4.58. The fourth-order valence-electron chi connectivity index (χ4n) is 3.39. The van der Waals surface area contributed by atoms with Gasteiger partial charge in [0.1, 0.15) is 0 Å². The highest BCUT2D eigenvalue weighted by Gasteiger charge is 2.29. The Kier molecular flexibility index (Phi) is 3.20. The molecule has 1 aromatic heterocycles. The van der Waals surface area contributed by atoms with Crippen LogP contribution < -0.4 is 5.32 Å². The first-order valence-electron chi connectivity index (χ1n) is 7.31. The number of hydrogen-bond acceptors (Lipinski definition) is 2. The van der Waals surface area contributed by atoms with E-state index in [1.807, 2.05) is 0 Å². The minimum absolute atomic E-state index is 0.561. The molecule has 0 radical (unpaired) electrons. The zero-order valence-corrected chi connectivity index (χ0v) is 11.9. The molecule has 1 saturated carbocycles. The van der Waals surface area contributed by atoms with Crippen molar-refractivity contribution in [3.63, 3.8) is 0 Å². The Balaban J connectivity index is 1.84. The normalized spacial score (nSPS) is 23.3. The first-order valence-corrected chi connectivity index (χ1v) is 7.31. The summed E-state index contributed by atoms with van der Waals surface area (Å²) < 4.78 is 2.56. The smallest absolute Gasteiger partial charge is 0.0338 e. The maximum Gasteiger partial charge on any atom is 0.0338 e. The van der Waals surface area contributed by atoms with E-state index in [-0.39, 0.29) is 0 Å². The van der Waals surface area contributed by atoms with Crippen LogP contribution in [0.5, 0.6) is 0 Å². The Morgan fingerprint density at radius 2 is 1.89 bits per heavy atom. The van der Waals surface area contributed by atoms with Crippen LogP contribution in [-0.2, 0) is 0 Å². The van der Waals surface area contributed by atoms with Crippen LogP contribution in [0, 0.1) is 13.8 Å². The first-order chi connectivity index (χ1) is 8.68. The van der Waals surface area contributed by atoms with Crippen molar-refractivity contribution in [2.24, 2.45) is 0 Å². The van der Waals surface area contributed by atoms with Gasteiger partial charge < -0.3 is 9.88 Å². The number of hydrogen-bond donors (Lipinski definition) is 1. The Morgan fingerprint density at radius 1 is 1.22 bits per heavy atom. The van der Waals surface area contributed by atoms with E-state index in [4.69, 9.17) is 0 Å². The molecule has 1 saturated heterocycles. The van der Waals surface area contributed by atoms with E-state index in [0.717, 1.165) is 19.1 Å². The molecule has 1 atom stereocenters. The molecule has 1 aromatic rings. The summed E-state index contributed by atoms with van der Waals surface area (Å²) in [6, 6.07) is 3.78. The zero-order chi connectivity index (χ0) is 12.7. The van der Waals surface area contributed by atoms with Crippen molar-refractivity contribution in [3.8, 4) is 0 Å². The minimum Gasteiger partial charge on any atom is -0.346 e. The highest BCUT2D eigenvalue weighted by molar-refractivity contribution is 5.31. The lowest BCUT2D eigenvalue weighted by Crippen LogP contribution is -2.44. The van der Waals surface area contributed by atoms with E-state index in [1.165, 1.54) is 37.3 Å². The number of aryl methyl sites for hydroxylation is 1. The van der Waals surface area contributed by atoms with Gasteiger partial charge in [-0.3, -0.25) is 4.90 Å². The van der Waals surface area contributed by atoms with Crippen molar-refractivity contribution in [2.75, 3.05) is 26.2 Å². The second kappa shape index (κ2) is 4.71. The van der Waals surface area contributed by atoms with Crippen LogP contribution in [-0.4, -0.2) is 35.6 Å². The van der Waals surface area contributed by atoms with Gasteiger partial charge in [-0.15, -0.1) is 0 Å². The van der Waals surface area contributed by atoms with Gasteiger partial charge in [0.05, 0.1) is 0 Å². The molecule has 1 N–H and O–H groups in total. The van der Waals surface area contributed by atoms with Gasteiger partial charge in [0.25, 0.3) is 0 Å². The van der Waals surface area contributed by atoms with Crippen LogP contribution >= 0.6 is 0 Å². The van der Waals surface area contributed by atoms with Crippen molar-refractivity contribution in [3.05, 3.63) is 23.0 Å². The maximum atomic E-state index is 3.43. The molecule has 0 amide bonds. The molecular weight excluding hydrogens is 222 g/mol. The predicted octanol–water partition coefficient (Wildman–Crippen LogP) is 2.41. The van der Waals surface area contributed by atoms with Crippen molar-refractivity contribution >= 4 is 0 Å². The lowest BCUT2D eigenvalue weighted by atomic mass is 10.1. The molecule has 2 fully saturated rings. The molecular formula is C15H25N3. The highest BCUT2D eigenvalue weighted by atomic mass is 15.2. The quantitative estimate of drug-likeness (QED) is 0.885. The Bertz CT molecular complexity index is 425. The zero-order valence-electron chi connectivity index (χ0n) is 11.9. The van der Waals surface area contributed by atoms with Crippen LogP contribution in [0.1, 0.15) is 48.8 Å². The summed E-state index contributed by atoms with van der Waals surface area (Å²) in [4.78, 5) is 2.61. The number of piperazine rings is 1. The molecule has 0 spiro atoms. The second-order valence-electron chi connectivity index (χ2n) is 5.89. The topological polar surface area (TPSA) is 20.2 Å². The van der Waals surface area contributed by atoms with Crippen molar-refractivity contribution in [1.29, 1.82) is 0 Å². The number of nitrogens with one attached hydrogen (secondary N) is 1. The van der Waals surface area contributed by atoms with E-state index in [2.05, 4.69) is 41.6 Å². The van der Waals surface area contributed by atoms with Gasteiger partial charge in [0, 0.05) is 49.7 Å². The van der Waals surface area contributed by atoms with Crippen LogP contribution in [0.2, 0.25) is 0 Å². The predicted molar refractivity (Wildman–Crippen MR) is 75.0 cm³/mol. The number of aromatic nitrogens is 1. The molecule has 1 aliphatic carbocycles. The van der Waals surface area contributed by atoms with Crippen molar-refractivity contribution in [1.82, 2.24) is 14.8 Å². The first kappa shape index (κ1) is 12.2. The molecule has 0 bridgehead atoms. The summed E-state index contributed by atoms with van der Waals surface area (Å²) in [7, 11) is 0. The molecule has 100 valence electrons. The molecule has 2 aliphatic rings. The summed E-state index contributed by atoms with van der Waals surface area (Å²) in [6.07, 6.45) is 2.75. The van der Waals surface area contributed by atoms with Crippen molar-refractivity contribution < 1.29 is 0 Å². The molecule has 18 heavy (non-hydrogen) atoms. The van der Waals surface area contributed by atoms with Gasteiger partial charge in [-0.1, -0.05) is 0 Å². The minimum atomic E-state index is 0.561. The standard InChI is InChI=1S/C15H25N3/c1-11-10-15(13(3)18(11)14-4-5-14)12(2)17-8-6-16-7-9-17/h10,12,14,16H,4-9H2,1-3H3. The molecule has 3 nitrogen and oxygen atoms in total. The summed E-state index contributed by atoms with van der Waals surface area (Å²) in [5.41, 5.74) is 4.49. The monoisotopic (exact) mass is 247 g/mol. The van der Waals surface area contributed by atoms with Crippen molar-refractivity contribution in [2.45, 2.75) is 45.7 Å². The Hall–Kier alpha value is -0.800. The van der Waals surface area contributed by atoms with Crippen LogP contribution in [0.15, 0.2) is 6.07 Å². The van der Waals surface area contributed by atoms with Gasteiger partial charge in [0.2, 0.25) is 0 Å². The van der Waals surface area contributed by atoms with E-state index in [1.54, 1.807) is 5.56 Å². The average Bonchev–Trinajstić information content (AvgIpc) is 3.16. The van der Waals surface area contributed by atoms with Crippen LogP contribution in [0.3, 0.4) is 0 Å². The highest BCUT2D eigenvalue weighted by Crippen LogP contribution is 2.39. The Morgan fingerprint density at radius 3 is 2.50 bits per heavy atom. The average molecular weight is 247 g/mol. The molecule has 3 rings (SSSR count). The lowest BCUT2D eigenvalue weighted by Gasteiger charge is -2.33. The number of nitrogens with zero attached hydrogens (tertiary/aromatic N) is 2. The molecule has 0 aromatic carbocycles. The van der Waals surface area contributed by atoms with E-state index in [0.29, 0.717) is 6.04 Å². The SMILES string of the molecule is Cc1cc(C(C)N2CCNCC2)c(C)n1C1CC1. The Labute approximate surface area is 110 Å². The van der Waals surface area contributed by atoms with Gasteiger partial charge in [-0.25, -0.2) is 0 Å². The lowest BCUT2D eigenvalue weighted by molar-refractivity contribution is 0.185. The van der Waals surface area contributed by atoms with Gasteiger partial charge in [0.15, 0.2) is 0 Å². The maximum absolute atomic E-state index is 3.43. The summed E-state index contributed by atoms with van der Waals surface area (Å²) in [5, 5.41) is 3.43. The van der Waals surface area contributed by atoms with E-state index in [9.17, 15) is 0 Å².